The van der Waals surface area contributed by atoms with Crippen molar-refractivity contribution >= 4 is 9.28 Å². The molecular formula is C11H22O2Si. The number of hydrogen-bond donors (Lipinski definition) is 0. The molecule has 0 saturated heterocycles. The van der Waals surface area contributed by atoms with E-state index in [1.54, 1.807) is 0 Å². The van der Waals surface area contributed by atoms with Crippen LogP contribution in [0.1, 0.15) is 51.4 Å². The van der Waals surface area contributed by atoms with Crippen LogP contribution in [0.5, 0.6) is 0 Å². The van der Waals surface area contributed by atoms with Crippen molar-refractivity contribution in [3.63, 3.8) is 0 Å². The van der Waals surface area contributed by atoms with E-state index in [2.05, 4.69) is 6.55 Å². The molecule has 2 fully saturated rings. The van der Waals surface area contributed by atoms with Crippen molar-refractivity contribution in [2.24, 2.45) is 0 Å². The second-order valence-electron chi connectivity index (χ2n) is 4.65. The molecule has 0 unspecified atom stereocenters. The lowest BCUT2D eigenvalue weighted by molar-refractivity contribution is 0.108. The van der Waals surface area contributed by atoms with Gasteiger partial charge in [0.1, 0.15) is 0 Å². The standard InChI is InChI=1S/C11H22O2Si/c1-14(12-10-6-2-3-7-10)13-11-8-4-5-9-11/h10-11,14H,2-9H2,1H3. The van der Waals surface area contributed by atoms with Crippen LogP contribution < -0.4 is 0 Å². The van der Waals surface area contributed by atoms with E-state index in [9.17, 15) is 0 Å². The van der Waals surface area contributed by atoms with Gasteiger partial charge in [-0.2, -0.15) is 0 Å². The summed E-state index contributed by atoms with van der Waals surface area (Å²) in [6.07, 6.45) is 11.6. The van der Waals surface area contributed by atoms with E-state index < -0.39 is 9.28 Å². The molecule has 0 N–H and O–H groups in total. The summed E-state index contributed by atoms with van der Waals surface area (Å²) in [5.74, 6) is 0. The summed E-state index contributed by atoms with van der Waals surface area (Å²) in [7, 11) is -1.31. The van der Waals surface area contributed by atoms with E-state index in [4.69, 9.17) is 8.85 Å². The lowest BCUT2D eigenvalue weighted by Gasteiger charge is -2.21. The van der Waals surface area contributed by atoms with Gasteiger partial charge in [0.2, 0.25) is 0 Å². The van der Waals surface area contributed by atoms with E-state index in [1.807, 2.05) is 0 Å². The van der Waals surface area contributed by atoms with Crippen LogP contribution in [0.25, 0.3) is 0 Å². The van der Waals surface area contributed by atoms with Crippen molar-refractivity contribution < 1.29 is 8.85 Å². The highest BCUT2D eigenvalue weighted by atomic mass is 28.3. The topological polar surface area (TPSA) is 18.5 Å². The van der Waals surface area contributed by atoms with Crippen LogP contribution in [-0.2, 0) is 8.85 Å². The molecule has 2 aliphatic carbocycles. The summed E-state index contributed by atoms with van der Waals surface area (Å²) < 4.78 is 12.0. The summed E-state index contributed by atoms with van der Waals surface area (Å²) in [5, 5.41) is 0. The smallest absolute Gasteiger partial charge is 0.318 e. The van der Waals surface area contributed by atoms with Gasteiger partial charge < -0.3 is 8.85 Å². The van der Waals surface area contributed by atoms with Crippen molar-refractivity contribution in [2.45, 2.75) is 70.1 Å². The monoisotopic (exact) mass is 214 g/mol. The van der Waals surface area contributed by atoms with Gasteiger partial charge in [-0.15, -0.1) is 0 Å². The van der Waals surface area contributed by atoms with Gasteiger partial charge in [0.15, 0.2) is 0 Å². The Morgan fingerprint density at radius 1 is 0.786 bits per heavy atom. The first-order valence-electron chi connectivity index (χ1n) is 6.15. The van der Waals surface area contributed by atoms with Crippen molar-refractivity contribution in [1.29, 1.82) is 0 Å². The van der Waals surface area contributed by atoms with Crippen molar-refractivity contribution in [2.75, 3.05) is 0 Å². The Morgan fingerprint density at radius 3 is 1.50 bits per heavy atom. The Kier molecular flexibility index (Phi) is 4.02. The van der Waals surface area contributed by atoms with Gasteiger partial charge >= 0.3 is 9.28 Å². The van der Waals surface area contributed by atoms with Gasteiger partial charge in [-0.25, -0.2) is 0 Å². The van der Waals surface area contributed by atoms with E-state index in [0.717, 1.165) is 0 Å². The number of hydrogen-bond acceptors (Lipinski definition) is 2. The largest absolute Gasteiger partial charge is 0.394 e. The zero-order valence-electron chi connectivity index (χ0n) is 9.21. The predicted molar refractivity (Wildman–Crippen MR) is 59.7 cm³/mol. The third kappa shape index (κ3) is 3.07. The van der Waals surface area contributed by atoms with Crippen molar-refractivity contribution in [1.82, 2.24) is 0 Å². The van der Waals surface area contributed by atoms with E-state index in [1.165, 1.54) is 51.4 Å². The summed E-state index contributed by atoms with van der Waals surface area (Å²) in [6, 6.07) is 0. The molecule has 0 aliphatic heterocycles. The molecule has 0 spiro atoms. The van der Waals surface area contributed by atoms with Gasteiger partial charge in [0.05, 0.1) is 0 Å². The molecule has 2 saturated carbocycles. The second kappa shape index (κ2) is 5.28. The Morgan fingerprint density at radius 2 is 1.14 bits per heavy atom. The molecule has 0 aromatic heterocycles. The zero-order chi connectivity index (χ0) is 9.80. The molecule has 3 heteroatoms. The average Bonchev–Trinajstić information content (AvgIpc) is 2.76. The maximum atomic E-state index is 5.99. The molecule has 0 radical (unpaired) electrons. The maximum absolute atomic E-state index is 5.99. The van der Waals surface area contributed by atoms with Crippen LogP contribution in [0.2, 0.25) is 6.55 Å². The van der Waals surface area contributed by atoms with E-state index >= 15 is 0 Å². The van der Waals surface area contributed by atoms with E-state index in [0.29, 0.717) is 12.2 Å². The van der Waals surface area contributed by atoms with Gasteiger partial charge in [-0.05, 0) is 32.2 Å². The second-order valence-corrected chi connectivity index (χ2v) is 6.33. The fourth-order valence-electron chi connectivity index (χ4n) is 2.62. The fraction of sp³-hybridized carbons (Fsp3) is 1.00. The van der Waals surface area contributed by atoms with Crippen LogP contribution in [0.15, 0.2) is 0 Å². The molecule has 2 rings (SSSR count). The minimum Gasteiger partial charge on any atom is -0.394 e. The first kappa shape index (κ1) is 10.6. The van der Waals surface area contributed by atoms with Gasteiger partial charge in [-0.1, -0.05) is 25.7 Å². The Balaban J connectivity index is 1.64. The lowest BCUT2D eigenvalue weighted by Crippen LogP contribution is -2.28. The normalized spacial score (nSPS) is 25.3. The minimum atomic E-state index is -1.31. The molecule has 2 nitrogen and oxygen atoms in total. The molecule has 0 aromatic rings. The summed E-state index contributed by atoms with van der Waals surface area (Å²) in [6.45, 7) is 2.19. The first-order chi connectivity index (χ1) is 6.84. The fourth-order valence-corrected chi connectivity index (χ4v) is 4.32. The third-order valence-corrected chi connectivity index (χ3v) is 4.91. The zero-order valence-corrected chi connectivity index (χ0v) is 10.4. The SMILES string of the molecule is C[SiH](OC1CCCC1)OC1CCCC1. The molecule has 0 bridgehead atoms. The van der Waals surface area contributed by atoms with Crippen LogP contribution in [-0.4, -0.2) is 21.5 Å². The highest BCUT2D eigenvalue weighted by Gasteiger charge is 2.23. The summed E-state index contributed by atoms with van der Waals surface area (Å²) in [5.41, 5.74) is 0. The van der Waals surface area contributed by atoms with Crippen molar-refractivity contribution in [3.05, 3.63) is 0 Å². The summed E-state index contributed by atoms with van der Waals surface area (Å²) in [4.78, 5) is 0. The van der Waals surface area contributed by atoms with Crippen molar-refractivity contribution in [3.8, 4) is 0 Å². The lowest BCUT2D eigenvalue weighted by atomic mass is 10.3. The molecular weight excluding hydrogens is 192 g/mol. The van der Waals surface area contributed by atoms with Gasteiger partial charge in [0, 0.05) is 12.2 Å². The highest BCUT2D eigenvalue weighted by Crippen LogP contribution is 2.24. The predicted octanol–water partition coefficient (Wildman–Crippen LogP) is 2.76. The average molecular weight is 214 g/mol. The molecule has 82 valence electrons. The van der Waals surface area contributed by atoms with Crippen LogP contribution in [0.3, 0.4) is 0 Å². The van der Waals surface area contributed by atoms with Crippen LogP contribution >= 0.6 is 0 Å². The number of rotatable bonds is 4. The summed E-state index contributed by atoms with van der Waals surface area (Å²) >= 11 is 0. The van der Waals surface area contributed by atoms with Crippen LogP contribution in [0, 0.1) is 0 Å². The molecule has 14 heavy (non-hydrogen) atoms. The molecule has 0 aromatic carbocycles. The maximum Gasteiger partial charge on any atom is 0.318 e. The quantitative estimate of drug-likeness (QED) is 0.670. The van der Waals surface area contributed by atoms with Gasteiger partial charge in [-0.3, -0.25) is 0 Å². The third-order valence-electron chi connectivity index (χ3n) is 3.37. The highest BCUT2D eigenvalue weighted by molar-refractivity contribution is 6.42. The Labute approximate surface area is 88.8 Å². The van der Waals surface area contributed by atoms with Gasteiger partial charge in [0.25, 0.3) is 0 Å². The Bertz CT molecular complexity index is 145. The molecule has 0 heterocycles. The van der Waals surface area contributed by atoms with E-state index in [-0.39, 0.29) is 0 Å². The Hall–Kier alpha value is 0.137. The molecule has 0 atom stereocenters. The molecule has 0 amide bonds. The first-order valence-corrected chi connectivity index (χ1v) is 8.25. The molecule has 2 aliphatic rings. The van der Waals surface area contributed by atoms with Crippen LogP contribution in [0.4, 0.5) is 0 Å². The minimum absolute atomic E-state index is 0.540.